The molecule has 1 heterocycles. The van der Waals surface area contributed by atoms with Gasteiger partial charge in [0, 0.05) is 18.3 Å². The van der Waals surface area contributed by atoms with Crippen molar-refractivity contribution in [3.63, 3.8) is 0 Å². The molecule has 0 spiro atoms. The first kappa shape index (κ1) is 13.3. The lowest BCUT2D eigenvalue weighted by molar-refractivity contribution is 0.0808. The van der Waals surface area contributed by atoms with Crippen molar-refractivity contribution in [1.29, 1.82) is 0 Å². The van der Waals surface area contributed by atoms with Gasteiger partial charge < -0.3 is 15.7 Å². The van der Waals surface area contributed by atoms with E-state index < -0.39 is 5.60 Å². The SMILES string of the molecule is CSCC(C)(O)CNC1CCCNCC1. The highest BCUT2D eigenvalue weighted by molar-refractivity contribution is 7.98. The molecule has 4 heteroatoms. The van der Waals surface area contributed by atoms with Gasteiger partial charge in [-0.25, -0.2) is 0 Å². The van der Waals surface area contributed by atoms with E-state index in [2.05, 4.69) is 10.6 Å². The van der Waals surface area contributed by atoms with Crippen LogP contribution in [0, 0.1) is 0 Å². The summed E-state index contributed by atoms with van der Waals surface area (Å²) >= 11 is 1.70. The average Bonchev–Trinajstić information content (AvgIpc) is 2.43. The first-order chi connectivity index (χ1) is 7.14. The standard InChI is InChI=1S/C11H24N2OS/c1-11(14,9-15-2)8-13-10-4-3-6-12-7-5-10/h10,12-14H,3-9H2,1-2H3. The minimum Gasteiger partial charge on any atom is -0.388 e. The highest BCUT2D eigenvalue weighted by atomic mass is 32.2. The summed E-state index contributed by atoms with van der Waals surface area (Å²) in [5.41, 5.74) is -0.570. The molecular weight excluding hydrogens is 208 g/mol. The molecule has 0 saturated carbocycles. The topological polar surface area (TPSA) is 44.3 Å². The lowest BCUT2D eigenvalue weighted by Crippen LogP contribution is -2.44. The van der Waals surface area contributed by atoms with Gasteiger partial charge in [0.05, 0.1) is 5.60 Å². The van der Waals surface area contributed by atoms with Crippen LogP contribution in [0.2, 0.25) is 0 Å². The molecule has 3 nitrogen and oxygen atoms in total. The normalized spacial score (nSPS) is 27.0. The molecule has 90 valence electrons. The Hall–Kier alpha value is 0.230. The van der Waals surface area contributed by atoms with Crippen LogP contribution in [0.4, 0.5) is 0 Å². The Morgan fingerprint density at radius 3 is 3.00 bits per heavy atom. The Morgan fingerprint density at radius 2 is 2.27 bits per heavy atom. The van der Waals surface area contributed by atoms with Crippen molar-refractivity contribution in [2.45, 2.75) is 37.8 Å². The minimum atomic E-state index is -0.570. The van der Waals surface area contributed by atoms with E-state index in [1.165, 1.54) is 19.3 Å². The summed E-state index contributed by atoms with van der Waals surface area (Å²) in [6, 6.07) is 0.577. The average molecular weight is 232 g/mol. The largest absolute Gasteiger partial charge is 0.388 e. The van der Waals surface area contributed by atoms with E-state index in [0.717, 1.165) is 18.8 Å². The number of hydrogen-bond donors (Lipinski definition) is 3. The van der Waals surface area contributed by atoms with Crippen molar-refractivity contribution >= 4 is 11.8 Å². The molecule has 0 aliphatic carbocycles. The zero-order valence-electron chi connectivity index (χ0n) is 9.88. The monoisotopic (exact) mass is 232 g/mol. The zero-order valence-corrected chi connectivity index (χ0v) is 10.7. The second-order valence-corrected chi connectivity index (χ2v) is 5.55. The molecular formula is C11H24N2OS. The van der Waals surface area contributed by atoms with Crippen LogP contribution in [0.5, 0.6) is 0 Å². The van der Waals surface area contributed by atoms with Crippen LogP contribution >= 0.6 is 11.8 Å². The maximum atomic E-state index is 10.0. The van der Waals surface area contributed by atoms with Gasteiger partial charge in [0.25, 0.3) is 0 Å². The maximum absolute atomic E-state index is 10.0. The smallest absolute Gasteiger partial charge is 0.0833 e. The molecule has 2 unspecified atom stereocenters. The van der Waals surface area contributed by atoms with E-state index in [0.29, 0.717) is 12.6 Å². The van der Waals surface area contributed by atoms with Crippen LogP contribution in [-0.2, 0) is 0 Å². The number of hydrogen-bond acceptors (Lipinski definition) is 4. The van der Waals surface area contributed by atoms with Gasteiger partial charge in [-0.1, -0.05) is 0 Å². The van der Waals surface area contributed by atoms with Crippen molar-refractivity contribution in [2.24, 2.45) is 0 Å². The number of nitrogens with one attached hydrogen (secondary N) is 2. The molecule has 0 bridgehead atoms. The molecule has 1 fully saturated rings. The van der Waals surface area contributed by atoms with E-state index in [4.69, 9.17) is 0 Å². The molecule has 1 aliphatic heterocycles. The summed E-state index contributed by atoms with van der Waals surface area (Å²) in [7, 11) is 0. The summed E-state index contributed by atoms with van der Waals surface area (Å²) in [5.74, 6) is 0.797. The molecule has 2 atom stereocenters. The Bertz CT molecular complexity index is 168. The molecule has 0 amide bonds. The number of aliphatic hydroxyl groups is 1. The van der Waals surface area contributed by atoms with Crippen LogP contribution in [0.25, 0.3) is 0 Å². The Kier molecular flexibility index (Phi) is 5.97. The minimum absolute atomic E-state index is 0.570. The quantitative estimate of drug-likeness (QED) is 0.657. The van der Waals surface area contributed by atoms with Gasteiger partial charge in [-0.3, -0.25) is 0 Å². The summed E-state index contributed by atoms with van der Waals surface area (Å²) < 4.78 is 0. The van der Waals surface area contributed by atoms with E-state index in [1.54, 1.807) is 11.8 Å². The summed E-state index contributed by atoms with van der Waals surface area (Å²) in [4.78, 5) is 0. The van der Waals surface area contributed by atoms with E-state index in [9.17, 15) is 5.11 Å². The maximum Gasteiger partial charge on any atom is 0.0833 e. The van der Waals surface area contributed by atoms with E-state index >= 15 is 0 Å². The molecule has 0 aromatic heterocycles. The lowest BCUT2D eigenvalue weighted by atomic mass is 10.1. The lowest BCUT2D eigenvalue weighted by Gasteiger charge is -2.26. The molecule has 15 heavy (non-hydrogen) atoms. The number of rotatable bonds is 5. The Balaban J connectivity index is 2.22. The van der Waals surface area contributed by atoms with Crippen LogP contribution in [0.15, 0.2) is 0 Å². The van der Waals surface area contributed by atoms with Crippen LogP contribution in [0.1, 0.15) is 26.2 Å². The van der Waals surface area contributed by atoms with Crippen LogP contribution in [0.3, 0.4) is 0 Å². The third kappa shape index (κ3) is 5.76. The molecule has 1 saturated heterocycles. The fourth-order valence-electron chi connectivity index (χ4n) is 1.95. The van der Waals surface area contributed by atoms with Crippen LogP contribution < -0.4 is 10.6 Å². The third-order valence-electron chi connectivity index (χ3n) is 2.80. The highest BCUT2D eigenvalue weighted by Gasteiger charge is 2.21. The van der Waals surface area contributed by atoms with Crippen molar-refractivity contribution in [1.82, 2.24) is 10.6 Å². The van der Waals surface area contributed by atoms with Gasteiger partial charge in [0.1, 0.15) is 0 Å². The molecule has 0 aromatic carbocycles. The Morgan fingerprint density at radius 1 is 1.47 bits per heavy atom. The highest BCUT2D eigenvalue weighted by Crippen LogP contribution is 2.11. The van der Waals surface area contributed by atoms with Gasteiger partial charge in [-0.2, -0.15) is 11.8 Å². The van der Waals surface area contributed by atoms with E-state index in [-0.39, 0.29) is 0 Å². The van der Waals surface area contributed by atoms with Crippen molar-refractivity contribution in [3.8, 4) is 0 Å². The van der Waals surface area contributed by atoms with Crippen LogP contribution in [-0.4, -0.2) is 48.4 Å². The second kappa shape index (κ2) is 6.74. The summed E-state index contributed by atoms with van der Waals surface area (Å²) in [5, 5.41) is 16.9. The fraction of sp³-hybridized carbons (Fsp3) is 1.00. The molecule has 3 N–H and O–H groups in total. The van der Waals surface area contributed by atoms with Crippen molar-refractivity contribution < 1.29 is 5.11 Å². The predicted molar refractivity (Wildman–Crippen MR) is 67.5 cm³/mol. The molecule has 1 rings (SSSR count). The molecule has 0 aromatic rings. The van der Waals surface area contributed by atoms with Gasteiger partial charge in [-0.05, 0) is 45.5 Å². The first-order valence-electron chi connectivity index (χ1n) is 5.79. The van der Waals surface area contributed by atoms with Gasteiger partial charge in [-0.15, -0.1) is 0 Å². The first-order valence-corrected chi connectivity index (χ1v) is 7.19. The van der Waals surface area contributed by atoms with E-state index in [1.807, 2.05) is 13.2 Å². The Labute approximate surface area is 97.4 Å². The van der Waals surface area contributed by atoms with Gasteiger partial charge in [0.2, 0.25) is 0 Å². The zero-order chi connectivity index (χ0) is 11.1. The molecule has 1 aliphatic rings. The molecule has 0 radical (unpaired) electrons. The van der Waals surface area contributed by atoms with Gasteiger partial charge in [0.15, 0.2) is 0 Å². The number of thioether (sulfide) groups is 1. The van der Waals surface area contributed by atoms with Gasteiger partial charge >= 0.3 is 0 Å². The summed E-state index contributed by atoms with van der Waals surface area (Å²) in [6.45, 7) is 4.85. The third-order valence-corrected chi connectivity index (χ3v) is 3.71. The predicted octanol–water partition coefficient (Wildman–Crippen LogP) is 0.832. The van der Waals surface area contributed by atoms with Crippen molar-refractivity contribution in [2.75, 3.05) is 31.6 Å². The second-order valence-electron chi connectivity index (χ2n) is 4.69. The van der Waals surface area contributed by atoms with Crippen molar-refractivity contribution in [3.05, 3.63) is 0 Å². The fourth-order valence-corrected chi connectivity index (χ4v) is 2.67. The summed E-state index contributed by atoms with van der Waals surface area (Å²) in [6.07, 6.45) is 5.67.